The first-order chi connectivity index (χ1) is 15.6. The Bertz CT molecular complexity index is 1260. The summed E-state index contributed by atoms with van der Waals surface area (Å²) in [6.07, 6.45) is 0.431. The number of nitrogens with zero attached hydrogens (tertiary/aromatic N) is 2. The predicted molar refractivity (Wildman–Crippen MR) is 129 cm³/mol. The van der Waals surface area contributed by atoms with E-state index >= 15 is 0 Å². The Morgan fingerprint density at radius 3 is 2.42 bits per heavy atom. The largest absolute Gasteiger partial charge is 0.355 e. The smallest absolute Gasteiger partial charge is 0.276 e. The van der Waals surface area contributed by atoms with Gasteiger partial charge in [-0.1, -0.05) is 55.4 Å². The molecule has 1 aromatic heterocycles. The maximum absolute atomic E-state index is 13.5. The van der Waals surface area contributed by atoms with Crippen molar-refractivity contribution in [2.24, 2.45) is 0 Å². The summed E-state index contributed by atoms with van der Waals surface area (Å²) in [5, 5.41) is 4.04. The Morgan fingerprint density at radius 2 is 1.82 bits per heavy atom. The molecule has 1 saturated heterocycles. The summed E-state index contributed by atoms with van der Waals surface area (Å²) < 4.78 is 29.8. The third-order valence-electron chi connectivity index (χ3n) is 6.43. The van der Waals surface area contributed by atoms with Gasteiger partial charge in [0.05, 0.1) is 11.5 Å². The molecule has 1 unspecified atom stereocenters. The van der Waals surface area contributed by atoms with E-state index in [1.165, 1.54) is 11.1 Å². The predicted octanol–water partition coefficient (Wildman–Crippen LogP) is 4.91. The maximum Gasteiger partial charge on any atom is 0.276 e. The van der Waals surface area contributed by atoms with Gasteiger partial charge in [-0.25, -0.2) is 8.42 Å². The van der Waals surface area contributed by atoms with E-state index in [1.807, 2.05) is 44.2 Å². The van der Waals surface area contributed by atoms with Gasteiger partial charge in [-0.2, -0.15) is 0 Å². The van der Waals surface area contributed by atoms with Gasteiger partial charge in [-0.15, -0.1) is 0 Å². The number of carbonyl (C=O) groups is 1. The summed E-state index contributed by atoms with van der Waals surface area (Å²) >= 11 is 0. The van der Waals surface area contributed by atoms with Crippen molar-refractivity contribution in [2.45, 2.75) is 52.6 Å². The second-order valence-electron chi connectivity index (χ2n) is 9.26. The number of hydrogen-bond acceptors (Lipinski definition) is 5. The SMILES string of the molecule is Cc1ccc(-c2cc(C(=O)N(Cc3ccc(C(C)C)cc3)C3CCS(=O)(=O)C3)no2)cc1C. The molecule has 1 aliphatic rings. The number of carbonyl (C=O) groups excluding carboxylic acids is 1. The van der Waals surface area contributed by atoms with E-state index in [1.54, 1.807) is 11.0 Å². The van der Waals surface area contributed by atoms with Crippen LogP contribution in [0.2, 0.25) is 0 Å². The number of benzene rings is 2. The third kappa shape index (κ3) is 5.19. The minimum atomic E-state index is -3.15. The molecule has 0 radical (unpaired) electrons. The Balaban J connectivity index is 1.62. The lowest BCUT2D eigenvalue weighted by Crippen LogP contribution is -2.40. The lowest BCUT2D eigenvalue weighted by Gasteiger charge is -2.27. The molecule has 0 saturated carbocycles. The molecule has 0 aliphatic carbocycles. The molecule has 0 N–H and O–H groups in total. The lowest BCUT2D eigenvalue weighted by molar-refractivity contribution is 0.0670. The van der Waals surface area contributed by atoms with Crippen LogP contribution in [0.1, 0.15) is 58.9 Å². The van der Waals surface area contributed by atoms with Gasteiger partial charge in [0.1, 0.15) is 0 Å². The van der Waals surface area contributed by atoms with Crippen LogP contribution in [-0.4, -0.2) is 41.9 Å². The molecule has 1 atom stereocenters. The first kappa shape index (κ1) is 23.2. The fourth-order valence-corrected chi connectivity index (χ4v) is 5.88. The molecule has 0 bridgehead atoms. The standard InChI is InChI=1S/C26H30N2O4S/c1-17(2)21-9-6-20(7-10-21)15-28(23-11-12-33(30,31)16-23)26(29)24-14-25(32-27-24)22-8-5-18(3)19(4)13-22/h5-10,13-14,17,23H,11-12,15-16H2,1-4H3. The van der Waals surface area contributed by atoms with Gasteiger partial charge in [0, 0.05) is 24.2 Å². The molecule has 0 spiro atoms. The van der Waals surface area contributed by atoms with Gasteiger partial charge in [-0.3, -0.25) is 4.79 Å². The van der Waals surface area contributed by atoms with Crippen LogP contribution >= 0.6 is 0 Å². The van der Waals surface area contributed by atoms with E-state index in [9.17, 15) is 13.2 Å². The molecule has 7 heteroatoms. The molecule has 3 aromatic rings. The normalized spacial score (nSPS) is 17.4. The van der Waals surface area contributed by atoms with Crippen LogP contribution in [0.25, 0.3) is 11.3 Å². The van der Waals surface area contributed by atoms with Crippen molar-refractivity contribution in [1.29, 1.82) is 0 Å². The van der Waals surface area contributed by atoms with Crippen molar-refractivity contribution < 1.29 is 17.7 Å². The van der Waals surface area contributed by atoms with Crippen molar-refractivity contribution in [3.8, 4) is 11.3 Å². The average Bonchev–Trinajstić information content (AvgIpc) is 3.40. The molecule has 1 amide bonds. The second-order valence-corrected chi connectivity index (χ2v) is 11.5. The minimum absolute atomic E-state index is 0.0231. The molecular weight excluding hydrogens is 436 g/mol. The summed E-state index contributed by atoms with van der Waals surface area (Å²) in [4.78, 5) is 15.1. The highest BCUT2D eigenvalue weighted by molar-refractivity contribution is 7.91. The Kier molecular flexibility index (Phi) is 6.43. The van der Waals surface area contributed by atoms with Gasteiger partial charge in [0.2, 0.25) is 0 Å². The van der Waals surface area contributed by atoms with Crippen molar-refractivity contribution in [3.05, 3.63) is 76.5 Å². The summed E-state index contributed by atoms with van der Waals surface area (Å²) in [6, 6.07) is 15.3. The molecular formula is C26H30N2O4S. The monoisotopic (exact) mass is 466 g/mol. The Labute approximate surface area is 195 Å². The number of hydrogen-bond donors (Lipinski definition) is 0. The molecule has 2 aromatic carbocycles. The quantitative estimate of drug-likeness (QED) is 0.516. The molecule has 174 valence electrons. The molecule has 6 nitrogen and oxygen atoms in total. The Hall–Kier alpha value is -2.93. The van der Waals surface area contributed by atoms with E-state index in [0.717, 1.165) is 16.7 Å². The first-order valence-corrected chi connectivity index (χ1v) is 13.1. The van der Waals surface area contributed by atoms with Crippen molar-refractivity contribution in [1.82, 2.24) is 10.1 Å². The highest BCUT2D eigenvalue weighted by atomic mass is 32.2. The van der Waals surface area contributed by atoms with Gasteiger partial charge in [0.15, 0.2) is 21.3 Å². The van der Waals surface area contributed by atoms with Gasteiger partial charge in [0.25, 0.3) is 5.91 Å². The number of amides is 1. The summed E-state index contributed by atoms with van der Waals surface area (Å²) in [5.74, 6) is 0.687. The molecule has 33 heavy (non-hydrogen) atoms. The van der Waals surface area contributed by atoms with Crippen molar-refractivity contribution >= 4 is 15.7 Å². The Morgan fingerprint density at radius 1 is 1.09 bits per heavy atom. The summed E-state index contributed by atoms with van der Waals surface area (Å²) in [6.45, 7) is 8.64. The van der Waals surface area contributed by atoms with Gasteiger partial charge in [-0.05, 0) is 54.5 Å². The zero-order valence-electron chi connectivity index (χ0n) is 19.5. The second kappa shape index (κ2) is 9.14. The van der Waals surface area contributed by atoms with Crippen molar-refractivity contribution in [3.63, 3.8) is 0 Å². The summed E-state index contributed by atoms with van der Waals surface area (Å²) in [7, 11) is -3.15. The highest BCUT2D eigenvalue weighted by Crippen LogP contribution is 2.26. The first-order valence-electron chi connectivity index (χ1n) is 11.3. The zero-order chi connectivity index (χ0) is 23.8. The van der Waals surface area contributed by atoms with Gasteiger partial charge < -0.3 is 9.42 Å². The van der Waals surface area contributed by atoms with Crippen LogP contribution in [0, 0.1) is 13.8 Å². The number of aryl methyl sites for hydroxylation is 2. The van der Waals surface area contributed by atoms with E-state index in [-0.39, 0.29) is 29.1 Å². The van der Waals surface area contributed by atoms with Crippen LogP contribution in [0.4, 0.5) is 0 Å². The molecule has 4 rings (SSSR count). The summed E-state index contributed by atoms with van der Waals surface area (Å²) in [5.41, 5.74) is 5.51. The minimum Gasteiger partial charge on any atom is -0.355 e. The van der Waals surface area contributed by atoms with Crippen LogP contribution in [-0.2, 0) is 16.4 Å². The molecule has 1 aliphatic heterocycles. The molecule has 2 heterocycles. The van der Waals surface area contributed by atoms with Crippen molar-refractivity contribution in [2.75, 3.05) is 11.5 Å². The number of aromatic nitrogens is 1. The lowest BCUT2D eigenvalue weighted by atomic mass is 10.0. The fraction of sp³-hybridized carbons (Fsp3) is 0.385. The van der Waals surface area contributed by atoms with E-state index in [4.69, 9.17) is 4.52 Å². The van der Waals surface area contributed by atoms with E-state index < -0.39 is 9.84 Å². The number of rotatable bonds is 6. The third-order valence-corrected chi connectivity index (χ3v) is 8.18. The van der Waals surface area contributed by atoms with Crippen LogP contribution in [0.3, 0.4) is 0 Å². The van der Waals surface area contributed by atoms with Crippen LogP contribution in [0.15, 0.2) is 53.1 Å². The van der Waals surface area contributed by atoms with Gasteiger partial charge >= 0.3 is 0 Å². The maximum atomic E-state index is 13.5. The molecule has 1 fully saturated rings. The highest BCUT2D eigenvalue weighted by Gasteiger charge is 2.36. The fourth-order valence-electron chi connectivity index (χ4n) is 4.15. The number of sulfone groups is 1. The average molecular weight is 467 g/mol. The van der Waals surface area contributed by atoms with Crippen LogP contribution in [0.5, 0.6) is 0 Å². The van der Waals surface area contributed by atoms with Crippen LogP contribution < -0.4 is 0 Å². The topological polar surface area (TPSA) is 80.5 Å². The van der Waals surface area contributed by atoms with E-state index in [2.05, 4.69) is 31.1 Å². The van der Waals surface area contributed by atoms with E-state index in [0.29, 0.717) is 24.6 Å². The zero-order valence-corrected chi connectivity index (χ0v) is 20.4.